The number of hydrogen-bond acceptors (Lipinski definition) is 5. The van der Waals surface area contributed by atoms with Crippen LogP contribution < -0.4 is 10.6 Å². The van der Waals surface area contributed by atoms with Crippen molar-refractivity contribution in [3.63, 3.8) is 0 Å². The number of aromatic nitrogens is 2. The summed E-state index contributed by atoms with van der Waals surface area (Å²) in [5.41, 5.74) is -1.68. The molecule has 11 heteroatoms. The van der Waals surface area contributed by atoms with E-state index >= 15 is 0 Å². The highest BCUT2D eigenvalue weighted by Crippen LogP contribution is 2.34. The number of thioether (sulfide) groups is 1. The second kappa shape index (κ2) is 8.75. The van der Waals surface area contributed by atoms with Crippen LogP contribution in [0.4, 0.5) is 24.8 Å². The molecule has 0 atom stereocenters. The summed E-state index contributed by atoms with van der Waals surface area (Å²) in [7, 11) is 0. The van der Waals surface area contributed by atoms with Crippen LogP contribution in [0.2, 0.25) is 10.0 Å². The van der Waals surface area contributed by atoms with Gasteiger partial charge in [-0.25, -0.2) is 9.97 Å². The molecule has 5 nitrogen and oxygen atoms in total. The summed E-state index contributed by atoms with van der Waals surface area (Å²) in [6, 6.07) is 4.48. The summed E-state index contributed by atoms with van der Waals surface area (Å²) < 4.78 is 40.5. The monoisotopic (exact) mass is 450 g/mol. The van der Waals surface area contributed by atoms with Crippen molar-refractivity contribution in [3.8, 4) is 0 Å². The molecule has 0 saturated carbocycles. The number of hydrogen-bond donors (Lipinski definition) is 2. The lowest BCUT2D eigenvalue weighted by molar-refractivity contribution is -0.141. The third-order valence-corrected chi connectivity index (χ3v) is 5.92. The van der Waals surface area contributed by atoms with Crippen LogP contribution in [-0.4, -0.2) is 33.4 Å². The standard InChI is InChI=1S/C17H15Cl2F3N4OS/c18-11-2-1-3-12(13(11)19)25-16-23-8-10(14(26-16)17(20,21)22)15(27)24-9-4-6-28-7-5-9/h1-3,8-9H,4-7H2,(H,24,27)(H,23,25,26). The number of carbonyl (C=O) groups excluding carboxylic acids is 1. The van der Waals surface area contributed by atoms with Gasteiger partial charge >= 0.3 is 6.18 Å². The first kappa shape index (κ1) is 21.0. The Morgan fingerprint density at radius 2 is 1.93 bits per heavy atom. The summed E-state index contributed by atoms with van der Waals surface area (Å²) in [5, 5.41) is 5.59. The fraction of sp³-hybridized carbons (Fsp3) is 0.353. The minimum absolute atomic E-state index is 0.123. The van der Waals surface area contributed by atoms with Gasteiger partial charge in [0.15, 0.2) is 5.69 Å². The zero-order valence-corrected chi connectivity index (χ0v) is 16.6. The Hall–Kier alpha value is -1.71. The van der Waals surface area contributed by atoms with Crippen LogP contribution in [0.3, 0.4) is 0 Å². The van der Waals surface area contributed by atoms with Gasteiger partial charge in [-0.15, -0.1) is 0 Å². The van der Waals surface area contributed by atoms with Crippen LogP contribution in [0.5, 0.6) is 0 Å². The molecule has 1 aliphatic rings. The van der Waals surface area contributed by atoms with Crippen molar-refractivity contribution in [2.45, 2.75) is 25.1 Å². The van der Waals surface area contributed by atoms with Crippen molar-refractivity contribution in [2.24, 2.45) is 0 Å². The maximum absolute atomic E-state index is 13.5. The highest BCUT2D eigenvalue weighted by molar-refractivity contribution is 7.99. The average Bonchev–Trinajstić information content (AvgIpc) is 2.65. The molecular formula is C17H15Cl2F3N4OS. The number of carbonyl (C=O) groups is 1. The lowest BCUT2D eigenvalue weighted by Crippen LogP contribution is -2.38. The number of halogens is 5. The van der Waals surface area contributed by atoms with Gasteiger partial charge in [0.1, 0.15) is 0 Å². The van der Waals surface area contributed by atoms with Crippen LogP contribution >= 0.6 is 35.0 Å². The van der Waals surface area contributed by atoms with Crippen molar-refractivity contribution >= 4 is 52.5 Å². The molecule has 1 aromatic heterocycles. The maximum Gasteiger partial charge on any atom is 0.434 e. The van der Waals surface area contributed by atoms with Crippen molar-refractivity contribution < 1.29 is 18.0 Å². The van der Waals surface area contributed by atoms with E-state index in [2.05, 4.69) is 20.6 Å². The predicted octanol–water partition coefficient (Wildman–Crippen LogP) is 5.17. The van der Waals surface area contributed by atoms with E-state index in [1.54, 1.807) is 17.8 Å². The topological polar surface area (TPSA) is 66.9 Å². The Morgan fingerprint density at radius 3 is 2.61 bits per heavy atom. The molecule has 2 aromatic rings. The molecule has 1 amide bonds. The Morgan fingerprint density at radius 1 is 1.21 bits per heavy atom. The molecule has 1 aliphatic heterocycles. The van der Waals surface area contributed by atoms with Gasteiger partial charge in [-0.2, -0.15) is 24.9 Å². The number of amides is 1. The number of rotatable bonds is 4. The third-order valence-electron chi connectivity index (χ3n) is 4.06. The van der Waals surface area contributed by atoms with Crippen molar-refractivity contribution in [3.05, 3.63) is 45.7 Å². The van der Waals surface area contributed by atoms with Crippen molar-refractivity contribution in [1.29, 1.82) is 0 Å². The van der Waals surface area contributed by atoms with Crippen molar-refractivity contribution in [1.82, 2.24) is 15.3 Å². The highest BCUT2D eigenvalue weighted by Gasteiger charge is 2.38. The smallest absolute Gasteiger partial charge is 0.349 e. The molecule has 2 heterocycles. The first-order chi connectivity index (χ1) is 13.3. The first-order valence-corrected chi connectivity index (χ1v) is 10.2. The first-order valence-electron chi connectivity index (χ1n) is 8.29. The second-order valence-electron chi connectivity index (χ2n) is 6.04. The van der Waals surface area contributed by atoms with E-state index in [9.17, 15) is 18.0 Å². The molecular weight excluding hydrogens is 436 g/mol. The molecule has 1 saturated heterocycles. The minimum Gasteiger partial charge on any atom is -0.349 e. The Balaban J connectivity index is 1.87. The minimum atomic E-state index is -4.83. The fourth-order valence-electron chi connectivity index (χ4n) is 2.65. The molecule has 2 N–H and O–H groups in total. The van der Waals surface area contributed by atoms with E-state index in [0.717, 1.165) is 17.7 Å². The van der Waals surface area contributed by atoms with Gasteiger partial charge in [0.2, 0.25) is 5.95 Å². The van der Waals surface area contributed by atoms with E-state index in [1.165, 1.54) is 12.1 Å². The average molecular weight is 451 g/mol. The molecule has 1 fully saturated rings. The Kier molecular flexibility index (Phi) is 6.57. The largest absolute Gasteiger partial charge is 0.434 e. The molecule has 0 radical (unpaired) electrons. The number of alkyl halides is 3. The summed E-state index contributed by atoms with van der Waals surface area (Å²) in [5.74, 6) is 0.534. The van der Waals surface area contributed by atoms with Gasteiger partial charge in [-0.05, 0) is 36.5 Å². The molecule has 0 aliphatic carbocycles. The van der Waals surface area contributed by atoms with Gasteiger partial charge < -0.3 is 10.6 Å². The van der Waals surface area contributed by atoms with Gasteiger partial charge in [0.25, 0.3) is 5.91 Å². The van der Waals surface area contributed by atoms with E-state index in [-0.39, 0.29) is 27.7 Å². The molecule has 0 unspecified atom stereocenters. The van der Waals surface area contributed by atoms with Gasteiger partial charge in [0.05, 0.1) is 21.3 Å². The summed E-state index contributed by atoms with van der Waals surface area (Å²) >= 11 is 13.7. The second-order valence-corrected chi connectivity index (χ2v) is 8.05. The quantitative estimate of drug-likeness (QED) is 0.672. The molecule has 28 heavy (non-hydrogen) atoms. The predicted molar refractivity (Wildman–Crippen MR) is 105 cm³/mol. The van der Waals surface area contributed by atoms with Gasteiger partial charge in [-0.1, -0.05) is 29.3 Å². The number of anilines is 2. The molecule has 0 bridgehead atoms. The molecule has 150 valence electrons. The van der Waals surface area contributed by atoms with E-state index in [0.29, 0.717) is 12.8 Å². The van der Waals surface area contributed by atoms with E-state index in [1.807, 2.05) is 0 Å². The fourth-order valence-corrected chi connectivity index (χ4v) is 4.10. The zero-order chi connectivity index (χ0) is 20.3. The number of nitrogens with zero attached hydrogens (tertiary/aromatic N) is 2. The highest BCUT2D eigenvalue weighted by atomic mass is 35.5. The SMILES string of the molecule is O=C(NC1CCSCC1)c1cnc(Nc2cccc(Cl)c2Cl)nc1C(F)(F)F. The summed E-state index contributed by atoms with van der Waals surface area (Å²) in [6.45, 7) is 0. The molecule has 1 aromatic carbocycles. The normalized spacial score (nSPS) is 15.3. The van der Waals surface area contributed by atoms with Crippen molar-refractivity contribution in [2.75, 3.05) is 16.8 Å². The van der Waals surface area contributed by atoms with E-state index < -0.39 is 23.3 Å². The third kappa shape index (κ3) is 5.01. The Bertz CT molecular complexity index is 876. The van der Waals surface area contributed by atoms with Crippen LogP contribution in [0.1, 0.15) is 28.9 Å². The number of benzene rings is 1. The molecule has 3 rings (SSSR count). The van der Waals surface area contributed by atoms with Crippen LogP contribution in [0.15, 0.2) is 24.4 Å². The lowest BCUT2D eigenvalue weighted by atomic mass is 10.1. The summed E-state index contributed by atoms with van der Waals surface area (Å²) in [6.07, 6.45) is -2.53. The van der Waals surface area contributed by atoms with Crippen LogP contribution in [0.25, 0.3) is 0 Å². The number of nitrogens with one attached hydrogen (secondary N) is 2. The van der Waals surface area contributed by atoms with Gasteiger partial charge in [0, 0.05) is 12.2 Å². The Labute approximate surface area is 173 Å². The summed E-state index contributed by atoms with van der Waals surface area (Å²) in [4.78, 5) is 19.7. The lowest BCUT2D eigenvalue weighted by Gasteiger charge is -2.23. The van der Waals surface area contributed by atoms with E-state index in [4.69, 9.17) is 23.2 Å². The van der Waals surface area contributed by atoms with Crippen LogP contribution in [-0.2, 0) is 6.18 Å². The zero-order valence-electron chi connectivity index (χ0n) is 14.3. The van der Waals surface area contributed by atoms with Crippen LogP contribution in [0, 0.1) is 0 Å². The molecule has 0 spiro atoms. The maximum atomic E-state index is 13.5. The van der Waals surface area contributed by atoms with Gasteiger partial charge in [-0.3, -0.25) is 4.79 Å².